The lowest BCUT2D eigenvalue weighted by atomic mass is 10.1. The molecule has 1 fully saturated rings. The van der Waals surface area contributed by atoms with E-state index >= 15 is 0 Å². The van der Waals surface area contributed by atoms with Gasteiger partial charge in [-0.1, -0.05) is 13.3 Å². The van der Waals surface area contributed by atoms with Gasteiger partial charge in [0, 0.05) is 25.7 Å². The molecule has 1 saturated carbocycles. The van der Waals surface area contributed by atoms with Gasteiger partial charge in [-0.2, -0.15) is 0 Å². The van der Waals surface area contributed by atoms with E-state index in [0.717, 1.165) is 38.6 Å². The Morgan fingerprint density at radius 2 is 1.57 bits per heavy atom. The summed E-state index contributed by atoms with van der Waals surface area (Å²) in [5.41, 5.74) is 5.83. The Hall–Kier alpha value is -0.200. The van der Waals surface area contributed by atoms with Crippen molar-refractivity contribution in [2.45, 2.75) is 38.6 Å². The molecule has 0 amide bonds. The Kier molecular flexibility index (Phi) is 11.1. The maximum atomic E-state index is 5.83. The molecule has 1 unspecified atom stereocenters. The third kappa shape index (κ3) is 9.42. The van der Waals surface area contributed by atoms with E-state index in [-0.39, 0.29) is 0 Å². The summed E-state index contributed by atoms with van der Waals surface area (Å²) in [7, 11) is 2.14. The zero-order chi connectivity index (χ0) is 15.3. The van der Waals surface area contributed by atoms with Crippen LogP contribution in [0.3, 0.4) is 0 Å². The molecule has 2 N–H and O–H groups in total. The average molecular weight is 302 g/mol. The largest absolute Gasteiger partial charge is 0.379 e. The number of hydrogen-bond acceptors (Lipinski definition) is 5. The van der Waals surface area contributed by atoms with Gasteiger partial charge in [0.25, 0.3) is 0 Å². The molecule has 0 saturated heterocycles. The van der Waals surface area contributed by atoms with Crippen LogP contribution in [-0.4, -0.2) is 70.7 Å². The van der Waals surface area contributed by atoms with Crippen molar-refractivity contribution < 1.29 is 14.2 Å². The fourth-order valence-corrected chi connectivity index (χ4v) is 2.38. The minimum Gasteiger partial charge on any atom is -0.379 e. The van der Waals surface area contributed by atoms with Crippen LogP contribution >= 0.6 is 0 Å². The highest BCUT2D eigenvalue weighted by molar-refractivity contribution is 4.87. The number of hydrogen-bond donors (Lipinski definition) is 1. The molecule has 0 aliphatic heterocycles. The molecule has 1 rings (SSSR count). The Bertz CT molecular complexity index is 238. The lowest BCUT2D eigenvalue weighted by Gasteiger charge is -2.26. The Labute approximate surface area is 130 Å². The molecule has 0 aromatic rings. The van der Waals surface area contributed by atoms with Crippen LogP contribution in [0.5, 0.6) is 0 Å². The van der Waals surface area contributed by atoms with E-state index in [1.165, 1.54) is 19.3 Å². The lowest BCUT2D eigenvalue weighted by molar-refractivity contribution is 0.00924. The second-order valence-corrected chi connectivity index (χ2v) is 5.81. The molecule has 5 heteroatoms. The van der Waals surface area contributed by atoms with Gasteiger partial charge in [-0.3, -0.25) is 4.90 Å². The molecule has 5 nitrogen and oxygen atoms in total. The van der Waals surface area contributed by atoms with Gasteiger partial charge in [-0.25, -0.2) is 0 Å². The number of nitrogens with two attached hydrogens (primary N) is 1. The standard InChI is InChI=1S/C16H34N2O3/c1-3-4-8-19-10-12-21-13-11-20-9-7-18(2)16(14-17)15-5-6-15/h15-16H,3-14,17H2,1-2H3. The minimum absolute atomic E-state index is 0.533. The van der Waals surface area contributed by atoms with Crippen LogP contribution in [0, 0.1) is 5.92 Å². The zero-order valence-electron chi connectivity index (χ0n) is 13.9. The normalized spacial score (nSPS) is 16.6. The second kappa shape index (κ2) is 12.4. The maximum Gasteiger partial charge on any atom is 0.0701 e. The van der Waals surface area contributed by atoms with Crippen LogP contribution in [0.1, 0.15) is 32.6 Å². The first kappa shape index (κ1) is 18.8. The summed E-state index contributed by atoms with van der Waals surface area (Å²) >= 11 is 0. The molecule has 126 valence electrons. The van der Waals surface area contributed by atoms with E-state index in [9.17, 15) is 0 Å². The van der Waals surface area contributed by atoms with Crippen molar-refractivity contribution in [2.24, 2.45) is 11.7 Å². The number of nitrogens with zero attached hydrogens (tertiary/aromatic N) is 1. The lowest BCUT2D eigenvalue weighted by Crippen LogP contribution is -2.41. The minimum atomic E-state index is 0.533. The highest BCUT2D eigenvalue weighted by Crippen LogP contribution is 2.34. The monoisotopic (exact) mass is 302 g/mol. The second-order valence-electron chi connectivity index (χ2n) is 5.81. The molecule has 0 bridgehead atoms. The fourth-order valence-electron chi connectivity index (χ4n) is 2.38. The molecule has 1 aliphatic rings. The fraction of sp³-hybridized carbons (Fsp3) is 1.00. The molecule has 1 aliphatic carbocycles. The van der Waals surface area contributed by atoms with Crippen LogP contribution in [0.4, 0.5) is 0 Å². The van der Waals surface area contributed by atoms with Gasteiger partial charge in [-0.15, -0.1) is 0 Å². The quantitative estimate of drug-likeness (QED) is 0.465. The van der Waals surface area contributed by atoms with E-state index in [1.54, 1.807) is 0 Å². The predicted molar refractivity (Wildman–Crippen MR) is 85.6 cm³/mol. The van der Waals surface area contributed by atoms with E-state index in [1.807, 2.05) is 0 Å². The molecule has 0 spiro atoms. The summed E-state index contributed by atoms with van der Waals surface area (Å²) < 4.78 is 16.5. The SMILES string of the molecule is CCCCOCCOCCOCCN(C)C(CN)C1CC1. The van der Waals surface area contributed by atoms with E-state index in [4.69, 9.17) is 19.9 Å². The first-order chi connectivity index (χ1) is 10.3. The molecule has 0 heterocycles. The van der Waals surface area contributed by atoms with Crippen LogP contribution in [-0.2, 0) is 14.2 Å². The van der Waals surface area contributed by atoms with Crippen molar-refractivity contribution in [3.05, 3.63) is 0 Å². The smallest absolute Gasteiger partial charge is 0.0701 e. The van der Waals surface area contributed by atoms with Crippen LogP contribution in [0.2, 0.25) is 0 Å². The highest BCUT2D eigenvalue weighted by Gasteiger charge is 2.32. The molecule has 0 aromatic heterocycles. The molecule has 1 atom stereocenters. The molecule has 21 heavy (non-hydrogen) atoms. The van der Waals surface area contributed by atoms with Gasteiger partial charge in [0.1, 0.15) is 0 Å². The van der Waals surface area contributed by atoms with Crippen LogP contribution in [0.25, 0.3) is 0 Å². The van der Waals surface area contributed by atoms with Crippen molar-refractivity contribution >= 4 is 0 Å². The van der Waals surface area contributed by atoms with Crippen molar-refractivity contribution in [1.29, 1.82) is 0 Å². The van der Waals surface area contributed by atoms with Crippen LogP contribution in [0.15, 0.2) is 0 Å². The number of likely N-dealkylation sites (N-methyl/N-ethyl adjacent to an activating group) is 1. The van der Waals surface area contributed by atoms with Gasteiger partial charge in [0.15, 0.2) is 0 Å². The van der Waals surface area contributed by atoms with Crippen LogP contribution < -0.4 is 5.73 Å². The van der Waals surface area contributed by atoms with Gasteiger partial charge < -0.3 is 19.9 Å². The third-order valence-electron chi connectivity index (χ3n) is 3.95. The van der Waals surface area contributed by atoms with Gasteiger partial charge >= 0.3 is 0 Å². The number of ether oxygens (including phenoxy) is 3. The topological polar surface area (TPSA) is 57.0 Å². The van der Waals surface area contributed by atoms with Crippen molar-refractivity contribution in [2.75, 3.05) is 59.8 Å². The van der Waals surface area contributed by atoms with E-state index in [0.29, 0.717) is 32.5 Å². The Morgan fingerprint density at radius 3 is 2.10 bits per heavy atom. The molecular weight excluding hydrogens is 268 g/mol. The maximum absolute atomic E-state index is 5.83. The third-order valence-corrected chi connectivity index (χ3v) is 3.95. The van der Waals surface area contributed by atoms with Gasteiger partial charge in [0.2, 0.25) is 0 Å². The summed E-state index contributed by atoms with van der Waals surface area (Å²) in [6.07, 6.45) is 4.97. The zero-order valence-corrected chi connectivity index (χ0v) is 13.9. The van der Waals surface area contributed by atoms with Crippen molar-refractivity contribution in [3.8, 4) is 0 Å². The summed E-state index contributed by atoms with van der Waals surface area (Å²) in [4.78, 5) is 2.33. The van der Waals surface area contributed by atoms with Crippen molar-refractivity contribution in [1.82, 2.24) is 4.90 Å². The Balaban J connectivity index is 1.81. The summed E-state index contributed by atoms with van der Waals surface area (Å²) in [5, 5.41) is 0. The van der Waals surface area contributed by atoms with Gasteiger partial charge in [-0.05, 0) is 32.2 Å². The first-order valence-corrected chi connectivity index (χ1v) is 8.43. The number of unbranched alkanes of at least 4 members (excludes halogenated alkanes) is 1. The molecule has 0 aromatic carbocycles. The highest BCUT2D eigenvalue weighted by atomic mass is 16.5. The predicted octanol–water partition coefficient (Wildman–Crippen LogP) is 1.51. The summed E-state index contributed by atoms with van der Waals surface area (Å²) in [6, 6.07) is 0.533. The van der Waals surface area contributed by atoms with Crippen molar-refractivity contribution in [3.63, 3.8) is 0 Å². The van der Waals surface area contributed by atoms with Gasteiger partial charge in [0.05, 0.1) is 33.0 Å². The molecule has 0 radical (unpaired) electrons. The van der Waals surface area contributed by atoms with E-state index < -0.39 is 0 Å². The summed E-state index contributed by atoms with van der Waals surface area (Å²) in [5.74, 6) is 0.816. The first-order valence-electron chi connectivity index (χ1n) is 8.43. The number of rotatable bonds is 15. The summed E-state index contributed by atoms with van der Waals surface area (Å²) in [6.45, 7) is 8.08. The Morgan fingerprint density at radius 1 is 1.00 bits per heavy atom. The average Bonchev–Trinajstić information content (AvgIpc) is 3.30. The van der Waals surface area contributed by atoms with E-state index in [2.05, 4.69) is 18.9 Å². The molecular formula is C16H34N2O3.